The van der Waals surface area contributed by atoms with E-state index in [0.717, 1.165) is 16.8 Å². The lowest BCUT2D eigenvalue weighted by molar-refractivity contribution is -0.126. The molecule has 3 aromatic rings. The fraction of sp³-hybridized carbons (Fsp3) is 0.208. The highest BCUT2D eigenvalue weighted by Gasteiger charge is 2.23. The van der Waals surface area contributed by atoms with Gasteiger partial charge in [0.2, 0.25) is 5.91 Å². The summed E-state index contributed by atoms with van der Waals surface area (Å²) in [7, 11) is 0. The molecule has 1 aromatic heterocycles. The van der Waals surface area contributed by atoms with E-state index in [1.165, 1.54) is 5.56 Å². The Bertz CT molecular complexity index is 1100. The van der Waals surface area contributed by atoms with Crippen LogP contribution in [-0.4, -0.2) is 27.3 Å². The van der Waals surface area contributed by atoms with Crippen LogP contribution in [0.2, 0.25) is 0 Å². The first-order valence-corrected chi connectivity index (χ1v) is 9.77. The smallest absolute Gasteiger partial charge is 0.256 e. The summed E-state index contributed by atoms with van der Waals surface area (Å²) in [6.45, 7) is 2.90. The third kappa shape index (κ3) is 4.51. The van der Waals surface area contributed by atoms with Gasteiger partial charge in [-0.25, -0.2) is 4.98 Å². The van der Waals surface area contributed by atoms with Crippen LogP contribution in [-0.2, 0) is 24.2 Å². The standard InChI is InChI=1S/C24H23N3O2/c1-17-7-9-19(10-8-17)15-22-25-21-13-14-27(16-20(21)24(29)26-22)23(28)12-11-18-5-3-2-4-6-18/h2-12H,13-16H2,1H3,(H,25,26,29)/b12-11+. The Kier molecular flexibility index (Phi) is 5.38. The molecule has 2 aromatic carbocycles. The summed E-state index contributed by atoms with van der Waals surface area (Å²) in [5, 5.41) is 0. The van der Waals surface area contributed by atoms with Crippen molar-refractivity contribution in [3.63, 3.8) is 0 Å². The Balaban J connectivity index is 1.48. The molecule has 1 aliphatic rings. The maximum Gasteiger partial charge on any atom is 0.256 e. The van der Waals surface area contributed by atoms with Crippen molar-refractivity contribution in [1.82, 2.24) is 14.9 Å². The van der Waals surface area contributed by atoms with Crippen LogP contribution >= 0.6 is 0 Å². The molecule has 1 aliphatic heterocycles. The second-order valence-corrected chi connectivity index (χ2v) is 7.35. The third-order valence-corrected chi connectivity index (χ3v) is 5.14. The molecule has 0 spiro atoms. The van der Waals surface area contributed by atoms with Gasteiger partial charge < -0.3 is 9.88 Å². The van der Waals surface area contributed by atoms with E-state index in [4.69, 9.17) is 0 Å². The fourth-order valence-electron chi connectivity index (χ4n) is 3.48. The molecule has 146 valence electrons. The molecule has 0 saturated carbocycles. The number of H-pyrrole nitrogens is 1. The third-order valence-electron chi connectivity index (χ3n) is 5.14. The molecule has 5 nitrogen and oxygen atoms in total. The molecule has 0 saturated heterocycles. The molecule has 0 radical (unpaired) electrons. The van der Waals surface area contributed by atoms with Crippen molar-refractivity contribution < 1.29 is 4.79 Å². The molecule has 1 N–H and O–H groups in total. The van der Waals surface area contributed by atoms with Crippen LogP contribution < -0.4 is 5.56 Å². The number of rotatable bonds is 4. The Morgan fingerprint density at radius 1 is 1.14 bits per heavy atom. The summed E-state index contributed by atoms with van der Waals surface area (Å²) >= 11 is 0. The highest BCUT2D eigenvalue weighted by molar-refractivity contribution is 5.91. The molecule has 0 atom stereocenters. The highest BCUT2D eigenvalue weighted by atomic mass is 16.2. The van der Waals surface area contributed by atoms with Crippen molar-refractivity contribution in [3.05, 3.63) is 105 Å². The summed E-state index contributed by atoms with van der Waals surface area (Å²) in [6.07, 6.45) is 4.54. The summed E-state index contributed by atoms with van der Waals surface area (Å²) < 4.78 is 0. The Hall–Kier alpha value is -3.47. The van der Waals surface area contributed by atoms with Crippen molar-refractivity contribution in [1.29, 1.82) is 0 Å². The summed E-state index contributed by atoms with van der Waals surface area (Å²) in [5.74, 6) is 0.573. The predicted molar refractivity (Wildman–Crippen MR) is 113 cm³/mol. The van der Waals surface area contributed by atoms with Gasteiger partial charge in [-0.2, -0.15) is 0 Å². The van der Waals surface area contributed by atoms with Crippen molar-refractivity contribution >= 4 is 12.0 Å². The number of aryl methyl sites for hydroxylation is 1. The van der Waals surface area contributed by atoms with Crippen LogP contribution in [0.4, 0.5) is 0 Å². The first kappa shape index (κ1) is 18.9. The monoisotopic (exact) mass is 385 g/mol. The minimum atomic E-state index is -0.151. The summed E-state index contributed by atoms with van der Waals surface area (Å²) in [5.41, 5.74) is 4.52. The van der Waals surface area contributed by atoms with Gasteiger partial charge in [-0.3, -0.25) is 9.59 Å². The number of hydrogen-bond donors (Lipinski definition) is 1. The van der Waals surface area contributed by atoms with E-state index in [1.807, 2.05) is 49.4 Å². The number of hydrogen-bond acceptors (Lipinski definition) is 3. The quantitative estimate of drug-likeness (QED) is 0.701. The van der Waals surface area contributed by atoms with Crippen LogP contribution in [0.1, 0.15) is 33.8 Å². The zero-order valence-corrected chi connectivity index (χ0v) is 16.4. The highest BCUT2D eigenvalue weighted by Crippen LogP contribution is 2.16. The van der Waals surface area contributed by atoms with Crippen molar-refractivity contribution in [2.75, 3.05) is 6.54 Å². The SMILES string of the molecule is Cc1ccc(Cc2nc3c(c(=O)[nH]2)CN(C(=O)/C=C/c2ccccc2)CC3)cc1. The molecule has 5 heteroatoms. The van der Waals surface area contributed by atoms with E-state index < -0.39 is 0 Å². The van der Waals surface area contributed by atoms with Gasteiger partial charge >= 0.3 is 0 Å². The Labute approximate surface area is 169 Å². The molecular weight excluding hydrogens is 362 g/mol. The molecule has 29 heavy (non-hydrogen) atoms. The first-order valence-electron chi connectivity index (χ1n) is 9.77. The maximum atomic E-state index is 12.6. The lowest BCUT2D eigenvalue weighted by Gasteiger charge is -2.27. The molecular formula is C24H23N3O2. The van der Waals surface area contributed by atoms with Crippen molar-refractivity contribution in [2.24, 2.45) is 0 Å². The molecule has 0 bridgehead atoms. The number of amides is 1. The second kappa shape index (κ2) is 8.27. The van der Waals surface area contributed by atoms with Crippen LogP contribution in [0.3, 0.4) is 0 Å². The van der Waals surface area contributed by atoms with Crippen LogP contribution in [0.25, 0.3) is 6.08 Å². The van der Waals surface area contributed by atoms with Gasteiger partial charge in [0.05, 0.1) is 17.8 Å². The number of carbonyl (C=O) groups is 1. The predicted octanol–water partition coefficient (Wildman–Crippen LogP) is 3.27. The average molecular weight is 385 g/mol. The normalized spacial score (nSPS) is 13.5. The molecule has 0 fully saturated rings. The topological polar surface area (TPSA) is 66.1 Å². The van der Waals surface area contributed by atoms with E-state index >= 15 is 0 Å². The van der Waals surface area contributed by atoms with Crippen LogP contribution in [0.5, 0.6) is 0 Å². The lowest BCUT2D eigenvalue weighted by Crippen LogP contribution is -2.39. The van der Waals surface area contributed by atoms with Gasteiger partial charge in [-0.15, -0.1) is 0 Å². The molecule has 4 rings (SSSR count). The van der Waals surface area contributed by atoms with Crippen LogP contribution in [0.15, 0.2) is 65.5 Å². The average Bonchev–Trinajstić information content (AvgIpc) is 2.74. The van der Waals surface area contributed by atoms with E-state index in [0.29, 0.717) is 37.3 Å². The zero-order valence-electron chi connectivity index (χ0n) is 16.4. The number of aromatic amines is 1. The van der Waals surface area contributed by atoms with E-state index in [1.54, 1.807) is 17.1 Å². The van der Waals surface area contributed by atoms with Gasteiger partial charge in [-0.1, -0.05) is 60.2 Å². The van der Waals surface area contributed by atoms with Crippen LogP contribution in [0, 0.1) is 6.92 Å². The number of benzene rings is 2. The number of aromatic nitrogens is 2. The van der Waals surface area contributed by atoms with E-state index in [2.05, 4.69) is 22.1 Å². The van der Waals surface area contributed by atoms with Gasteiger partial charge in [0.1, 0.15) is 5.82 Å². The van der Waals surface area contributed by atoms with Gasteiger partial charge in [0.15, 0.2) is 0 Å². The van der Waals surface area contributed by atoms with E-state index in [-0.39, 0.29) is 11.5 Å². The minimum Gasteiger partial charge on any atom is -0.334 e. The van der Waals surface area contributed by atoms with Gasteiger partial charge in [0, 0.05) is 25.5 Å². The number of carbonyl (C=O) groups excluding carboxylic acids is 1. The van der Waals surface area contributed by atoms with E-state index in [9.17, 15) is 9.59 Å². The minimum absolute atomic E-state index is 0.0948. The molecule has 1 amide bonds. The fourth-order valence-corrected chi connectivity index (χ4v) is 3.48. The molecule has 0 aliphatic carbocycles. The van der Waals surface area contributed by atoms with Crippen molar-refractivity contribution in [2.45, 2.75) is 26.3 Å². The lowest BCUT2D eigenvalue weighted by atomic mass is 10.1. The van der Waals surface area contributed by atoms with Crippen molar-refractivity contribution in [3.8, 4) is 0 Å². The molecule has 0 unspecified atom stereocenters. The Morgan fingerprint density at radius 2 is 1.90 bits per heavy atom. The van der Waals surface area contributed by atoms with Gasteiger partial charge in [0.25, 0.3) is 5.56 Å². The zero-order chi connectivity index (χ0) is 20.2. The molecule has 2 heterocycles. The number of nitrogens with one attached hydrogen (secondary N) is 1. The largest absolute Gasteiger partial charge is 0.334 e. The number of nitrogens with zero attached hydrogens (tertiary/aromatic N) is 2. The van der Waals surface area contributed by atoms with Gasteiger partial charge in [-0.05, 0) is 24.1 Å². The Morgan fingerprint density at radius 3 is 2.66 bits per heavy atom. The maximum absolute atomic E-state index is 12.6. The first-order chi connectivity index (χ1) is 14.1. The number of fused-ring (bicyclic) bond motifs is 1. The second-order valence-electron chi connectivity index (χ2n) is 7.35. The summed E-state index contributed by atoms with van der Waals surface area (Å²) in [4.78, 5) is 34.4. The summed E-state index contributed by atoms with van der Waals surface area (Å²) in [6, 6.07) is 17.9.